The summed E-state index contributed by atoms with van der Waals surface area (Å²) < 4.78 is 0. The minimum Gasteiger partial charge on any atom is -0.356 e. The lowest BCUT2D eigenvalue weighted by atomic mass is 10.1. The number of guanidine groups is 1. The third kappa shape index (κ3) is 6.38. The molecule has 8 heteroatoms. The van der Waals surface area contributed by atoms with Crippen LogP contribution in [-0.2, 0) is 4.79 Å². The number of nitrogens with zero attached hydrogens (tertiary/aromatic N) is 3. The molecule has 1 aliphatic carbocycles. The van der Waals surface area contributed by atoms with E-state index in [1.807, 2.05) is 7.05 Å². The van der Waals surface area contributed by atoms with E-state index in [9.17, 15) is 4.79 Å². The molecule has 0 aromatic carbocycles. The monoisotopic (exact) mass is 491 g/mol. The molecule has 0 spiro atoms. The minimum atomic E-state index is 0. The van der Waals surface area contributed by atoms with E-state index in [-0.39, 0.29) is 29.9 Å². The normalized spacial score (nSPS) is 19.6. The fourth-order valence-electron chi connectivity index (χ4n) is 3.07. The van der Waals surface area contributed by atoms with E-state index in [0.717, 1.165) is 51.5 Å². The highest BCUT2D eigenvalue weighted by Crippen LogP contribution is 2.20. The number of halogens is 1. The topological polar surface area (TPSA) is 60.0 Å². The largest absolute Gasteiger partial charge is 0.356 e. The van der Waals surface area contributed by atoms with Crippen LogP contribution in [0.2, 0.25) is 0 Å². The number of piperazine rings is 1. The molecule has 3 rings (SSSR count). The standard InChI is InChI=1S/C18H29N5OS.HI/c1-14(16-4-3-11-25-16)12-20-18(19-2)23-9-7-22(8-10-23)13-17(24)21-15-5-6-15;/h3-4,11,14-15H,5-10,12-13H2,1-2H3,(H,19,20)(H,21,24);1H. The van der Waals surface area contributed by atoms with Crippen LogP contribution >= 0.6 is 35.3 Å². The number of hydrogen-bond acceptors (Lipinski definition) is 4. The maximum Gasteiger partial charge on any atom is 0.234 e. The maximum absolute atomic E-state index is 11.9. The van der Waals surface area contributed by atoms with Gasteiger partial charge in [0.05, 0.1) is 6.54 Å². The Morgan fingerprint density at radius 3 is 2.65 bits per heavy atom. The van der Waals surface area contributed by atoms with E-state index in [1.54, 1.807) is 11.3 Å². The van der Waals surface area contributed by atoms with Crippen LogP contribution in [0.4, 0.5) is 0 Å². The van der Waals surface area contributed by atoms with Gasteiger partial charge in [-0.05, 0) is 24.3 Å². The zero-order valence-electron chi connectivity index (χ0n) is 15.6. The van der Waals surface area contributed by atoms with Crippen molar-refractivity contribution < 1.29 is 4.79 Å². The van der Waals surface area contributed by atoms with Gasteiger partial charge in [-0.3, -0.25) is 14.7 Å². The highest BCUT2D eigenvalue weighted by molar-refractivity contribution is 14.0. The highest BCUT2D eigenvalue weighted by atomic mass is 127. The van der Waals surface area contributed by atoms with Gasteiger partial charge in [0, 0.05) is 56.6 Å². The first-order valence-corrected chi connectivity index (χ1v) is 10.0. The summed E-state index contributed by atoms with van der Waals surface area (Å²) in [4.78, 5) is 22.3. The van der Waals surface area contributed by atoms with Crippen molar-refractivity contribution in [2.45, 2.75) is 31.7 Å². The first-order valence-electron chi connectivity index (χ1n) is 9.16. The molecule has 2 fully saturated rings. The van der Waals surface area contributed by atoms with Gasteiger partial charge in [0.2, 0.25) is 5.91 Å². The quantitative estimate of drug-likeness (QED) is 0.363. The summed E-state index contributed by atoms with van der Waals surface area (Å²) in [6, 6.07) is 4.73. The van der Waals surface area contributed by atoms with Gasteiger partial charge in [-0.1, -0.05) is 13.0 Å². The number of amides is 1. The molecule has 1 aromatic heterocycles. The lowest BCUT2D eigenvalue weighted by molar-refractivity contribution is -0.122. The molecule has 2 heterocycles. The van der Waals surface area contributed by atoms with Gasteiger partial charge in [-0.15, -0.1) is 35.3 Å². The molecular formula is C18H30IN5OS. The Kier molecular flexibility index (Phi) is 8.62. The minimum absolute atomic E-state index is 0. The van der Waals surface area contributed by atoms with Gasteiger partial charge in [-0.25, -0.2) is 0 Å². The molecule has 146 valence electrons. The fraction of sp³-hybridized carbons (Fsp3) is 0.667. The molecule has 1 unspecified atom stereocenters. The Morgan fingerprint density at radius 2 is 2.08 bits per heavy atom. The van der Waals surface area contributed by atoms with E-state index in [1.165, 1.54) is 4.88 Å². The Hall–Kier alpha value is -0.870. The van der Waals surface area contributed by atoms with Crippen molar-refractivity contribution in [1.82, 2.24) is 20.4 Å². The van der Waals surface area contributed by atoms with Crippen LogP contribution in [0.25, 0.3) is 0 Å². The van der Waals surface area contributed by atoms with E-state index in [2.05, 4.69) is 49.9 Å². The van der Waals surface area contributed by atoms with E-state index in [4.69, 9.17) is 0 Å². The Bertz CT molecular complexity index is 582. The number of nitrogens with one attached hydrogen (secondary N) is 2. The van der Waals surface area contributed by atoms with Crippen molar-refractivity contribution in [1.29, 1.82) is 0 Å². The lowest BCUT2D eigenvalue weighted by Gasteiger charge is -2.36. The molecule has 1 saturated carbocycles. The van der Waals surface area contributed by atoms with E-state index < -0.39 is 0 Å². The zero-order valence-corrected chi connectivity index (χ0v) is 18.8. The number of carbonyl (C=O) groups excluding carboxylic acids is 1. The van der Waals surface area contributed by atoms with Crippen LogP contribution in [0.5, 0.6) is 0 Å². The summed E-state index contributed by atoms with van der Waals surface area (Å²) in [6.45, 7) is 7.26. The van der Waals surface area contributed by atoms with Crippen molar-refractivity contribution in [3.63, 3.8) is 0 Å². The molecule has 1 saturated heterocycles. The molecule has 0 bridgehead atoms. The van der Waals surface area contributed by atoms with Crippen LogP contribution < -0.4 is 10.6 Å². The summed E-state index contributed by atoms with van der Waals surface area (Å²) in [7, 11) is 1.84. The van der Waals surface area contributed by atoms with Gasteiger partial charge >= 0.3 is 0 Å². The summed E-state index contributed by atoms with van der Waals surface area (Å²) in [5.41, 5.74) is 0. The summed E-state index contributed by atoms with van der Waals surface area (Å²) in [6.07, 6.45) is 2.29. The molecule has 2 N–H and O–H groups in total. The number of aliphatic imine (C=N–C) groups is 1. The molecule has 0 radical (unpaired) electrons. The zero-order chi connectivity index (χ0) is 17.6. The van der Waals surface area contributed by atoms with Crippen LogP contribution in [0.1, 0.15) is 30.6 Å². The molecule has 2 aliphatic rings. The van der Waals surface area contributed by atoms with Crippen molar-refractivity contribution in [2.24, 2.45) is 4.99 Å². The average Bonchev–Trinajstić information content (AvgIpc) is 3.25. The second kappa shape index (κ2) is 10.5. The summed E-state index contributed by atoms with van der Waals surface area (Å²) in [5, 5.41) is 8.69. The van der Waals surface area contributed by atoms with Gasteiger partial charge in [0.1, 0.15) is 0 Å². The number of rotatable bonds is 6. The smallest absolute Gasteiger partial charge is 0.234 e. The van der Waals surface area contributed by atoms with Crippen LogP contribution in [0.15, 0.2) is 22.5 Å². The van der Waals surface area contributed by atoms with Crippen LogP contribution in [0, 0.1) is 0 Å². The number of hydrogen-bond donors (Lipinski definition) is 2. The third-order valence-corrected chi connectivity index (χ3v) is 5.89. The van der Waals surface area contributed by atoms with Gasteiger partial charge < -0.3 is 15.5 Å². The summed E-state index contributed by atoms with van der Waals surface area (Å²) in [5.74, 6) is 1.61. The lowest BCUT2D eigenvalue weighted by Crippen LogP contribution is -2.54. The molecule has 26 heavy (non-hydrogen) atoms. The second-order valence-corrected chi connectivity index (χ2v) is 7.93. The highest BCUT2D eigenvalue weighted by Gasteiger charge is 2.26. The average molecular weight is 491 g/mol. The molecule has 1 atom stereocenters. The van der Waals surface area contributed by atoms with Crippen molar-refractivity contribution >= 4 is 47.2 Å². The van der Waals surface area contributed by atoms with Crippen molar-refractivity contribution in [3.05, 3.63) is 22.4 Å². The number of thiophene rings is 1. The molecule has 1 aromatic rings. The second-order valence-electron chi connectivity index (χ2n) is 6.95. The predicted molar refractivity (Wildman–Crippen MR) is 119 cm³/mol. The molecule has 1 amide bonds. The summed E-state index contributed by atoms with van der Waals surface area (Å²) >= 11 is 1.80. The molecular weight excluding hydrogens is 461 g/mol. The van der Waals surface area contributed by atoms with Crippen LogP contribution in [0.3, 0.4) is 0 Å². The van der Waals surface area contributed by atoms with E-state index >= 15 is 0 Å². The maximum atomic E-state index is 11.9. The Balaban J connectivity index is 0.00000243. The predicted octanol–water partition coefficient (Wildman–Crippen LogP) is 1.94. The van der Waals surface area contributed by atoms with Gasteiger partial charge in [-0.2, -0.15) is 0 Å². The fourth-order valence-corrected chi connectivity index (χ4v) is 3.86. The van der Waals surface area contributed by atoms with Crippen LogP contribution in [-0.4, -0.2) is 74.0 Å². The number of carbonyl (C=O) groups is 1. The molecule has 6 nitrogen and oxygen atoms in total. The first-order chi connectivity index (χ1) is 12.2. The van der Waals surface area contributed by atoms with Gasteiger partial charge in [0.25, 0.3) is 0 Å². The molecule has 1 aliphatic heterocycles. The first kappa shape index (κ1) is 21.4. The van der Waals surface area contributed by atoms with Crippen molar-refractivity contribution in [3.8, 4) is 0 Å². The Labute approximate surface area is 177 Å². The SMILES string of the molecule is CN=C(NCC(C)c1cccs1)N1CCN(CC(=O)NC2CC2)CC1.I. The van der Waals surface area contributed by atoms with Gasteiger partial charge in [0.15, 0.2) is 5.96 Å². The third-order valence-electron chi connectivity index (χ3n) is 4.79. The Morgan fingerprint density at radius 1 is 1.35 bits per heavy atom. The van der Waals surface area contributed by atoms with E-state index in [0.29, 0.717) is 18.5 Å². The van der Waals surface area contributed by atoms with Crippen molar-refractivity contribution in [2.75, 3.05) is 46.3 Å².